The van der Waals surface area contributed by atoms with E-state index in [0.717, 1.165) is 6.07 Å². The van der Waals surface area contributed by atoms with Crippen molar-refractivity contribution in [1.29, 1.82) is 5.26 Å². The third-order valence-electron chi connectivity index (χ3n) is 2.39. The van der Waals surface area contributed by atoms with E-state index in [0.29, 0.717) is 0 Å². The molecule has 7 heteroatoms. The van der Waals surface area contributed by atoms with Crippen LogP contribution in [0.4, 0.5) is 23.2 Å². The van der Waals surface area contributed by atoms with Crippen molar-refractivity contribution in [3.8, 4) is 6.07 Å². The maximum Gasteiger partial charge on any atom is 0.434 e. The van der Waals surface area contributed by atoms with Gasteiger partial charge in [0.1, 0.15) is 23.0 Å². The molecule has 0 saturated carbocycles. The van der Waals surface area contributed by atoms with Crippen LogP contribution in [0.25, 0.3) is 10.9 Å². The first kappa shape index (κ1) is 12.1. The molecule has 2 aromatic rings. The zero-order valence-electron chi connectivity index (χ0n) is 8.72. The minimum absolute atomic E-state index is 0.0143. The first-order valence-corrected chi connectivity index (χ1v) is 4.71. The number of para-hydroxylation sites is 1. The molecule has 2 rings (SSSR count). The second kappa shape index (κ2) is 3.84. The van der Waals surface area contributed by atoms with Crippen molar-refractivity contribution < 1.29 is 17.6 Å². The van der Waals surface area contributed by atoms with Gasteiger partial charge in [0.15, 0.2) is 5.69 Å². The summed E-state index contributed by atoms with van der Waals surface area (Å²) >= 11 is 0. The van der Waals surface area contributed by atoms with E-state index in [-0.39, 0.29) is 5.39 Å². The van der Waals surface area contributed by atoms with Crippen molar-refractivity contribution in [1.82, 2.24) is 4.98 Å². The van der Waals surface area contributed by atoms with Crippen molar-refractivity contribution in [3.63, 3.8) is 0 Å². The highest BCUT2D eigenvalue weighted by Gasteiger charge is 2.37. The van der Waals surface area contributed by atoms with E-state index in [1.807, 2.05) is 0 Å². The zero-order chi connectivity index (χ0) is 13.5. The fraction of sp³-hybridized carbons (Fsp3) is 0.0909. The van der Waals surface area contributed by atoms with E-state index in [4.69, 9.17) is 11.0 Å². The molecule has 2 N–H and O–H groups in total. The number of hydrogen-bond acceptors (Lipinski definition) is 3. The van der Waals surface area contributed by atoms with Crippen LogP contribution in [0.2, 0.25) is 0 Å². The molecule has 0 atom stereocenters. The Morgan fingerprint density at radius 1 is 1.28 bits per heavy atom. The lowest BCUT2D eigenvalue weighted by molar-refractivity contribution is -0.141. The van der Waals surface area contributed by atoms with Crippen molar-refractivity contribution >= 4 is 16.6 Å². The molecule has 1 heterocycles. The van der Waals surface area contributed by atoms with Crippen LogP contribution in [0.15, 0.2) is 18.2 Å². The molecule has 3 nitrogen and oxygen atoms in total. The van der Waals surface area contributed by atoms with Crippen LogP contribution in [0, 0.1) is 17.1 Å². The largest absolute Gasteiger partial charge is 0.434 e. The number of halogens is 4. The highest BCUT2D eigenvalue weighted by Crippen LogP contribution is 2.36. The summed E-state index contributed by atoms with van der Waals surface area (Å²) in [4.78, 5) is 3.18. The Morgan fingerprint density at radius 2 is 1.94 bits per heavy atom. The zero-order valence-corrected chi connectivity index (χ0v) is 8.72. The normalized spacial score (nSPS) is 11.5. The van der Waals surface area contributed by atoms with Gasteiger partial charge in [-0.05, 0) is 6.07 Å². The summed E-state index contributed by atoms with van der Waals surface area (Å²) in [6.07, 6.45) is -4.87. The molecule has 0 aliphatic carbocycles. The molecule has 0 fully saturated rings. The van der Waals surface area contributed by atoms with Gasteiger partial charge < -0.3 is 5.73 Å². The molecule has 0 radical (unpaired) electrons. The number of nitriles is 1. The Bertz CT molecular complexity index is 671. The molecule has 0 aliphatic rings. The summed E-state index contributed by atoms with van der Waals surface area (Å²) in [5, 5.41) is 8.71. The van der Waals surface area contributed by atoms with Gasteiger partial charge in [-0.1, -0.05) is 12.1 Å². The number of hydrogen-bond donors (Lipinski definition) is 1. The number of alkyl halides is 3. The van der Waals surface area contributed by atoms with Gasteiger partial charge in [-0.25, -0.2) is 9.37 Å². The summed E-state index contributed by atoms with van der Waals surface area (Å²) in [6.45, 7) is 0. The highest BCUT2D eigenvalue weighted by molar-refractivity contribution is 5.93. The number of pyridine rings is 1. The summed E-state index contributed by atoms with van der Waals surface area (Å²) in [5.74, 6) is -0.922. The number of nitrogen functional groups attached to an aromatic ring is 1. The van der Waals surface area contributed by atoms with Crippen molar-refractivity contribution in [3.05, 3.63) is 35.3 Å². The molecule has 1 aromatic heterocycles. The van der Waals surface area contributed by atoms with Crippen molar-refractivity contribution in [2.45, 2.75) is 6.18 Å². The molecule has 92 valence electrons. The fourth-order valence-electron chi connectivity index (χ4n) is 1.59. The summed E-state index contributed by atoms with van der Waals surface area (Å²) in [6, 6.07) is 4.91. The van der Waals surface area contributed by atoms with Crippen LogP contribution in [0.5, 0.6) is 0 Å². The Balaban J connectivity index is 2.97. The number of rotatable bonds is 0. The SMILES string of the molecule is N#Cc1c(C(F)(F)F)nc2c(F)cccc2c1N. The van der Waals surface area contributed by atoms with Gasteiger partial charge in [0.25, 0.3) is 0 Å². The average molecular weight is 255 g/mol. The Kier molecular flexibility index (Phi) is 2.58. The molecular weight excluding hydrogens is 250 g/mol. The second-order valence-corrected chi connectivity index (χ2v) is 3.49. The molecule has 0 saturated heterocycles. The number of fused-ring (bicyclic) bond motifs is 1. The Morgan fingerprint density at radius 3 is 2.50 bits per heavy atom. The van der Waals surface area contributed by atoms with Gasteiger partial charge in [0, 0.05) is 5.39 Å². The lowest BCUT2D eigenvalue weighted by Gasteiger charge is -2.12. The van der Waals surface area contributed by atoms with E-state index < -0.39 is 34.5 Å². The van der Waals surface area contributed by atoms with E-state index in [2.05, 4.69) is 4.98 Å². The molecule has 0 spiro atoms. The Labute approximate surface area is 98.5 Å². The number of nitrogens with zero attached hydrogens (tertiary/aromatic N) is 2. The molecule has 1 aromatic carbocycles. The van der Waals surface area contributed by atoms with Gasteiger partial charge in [-0.3, -0.25) is 0 Å². The van der Waals surface area contributed by atoms with Crippen LogP contribution < -0.4 is 5.73 Å². The van der Waals surface area contributed by atoms with Crippen LogP contribution in [-0.2, 0) is 6.18 Å². The minimum atomic E-state index is -4.87. The summed E-state index contributed by atoms with van der Waals surface area (Å²) < 4.78 is 51.5. The second-order valence-electron chi connectivity index (χ2n) is 3.49. The highest BCUT2D eigenvalue weighted by atomic mass is 19.4. The topological polar surface area (TPSA) is 62.7 Å². The summed E-state index contributed by atoms with van der Waals surface area (Å²) in [7, 11) is 0. The number of aromatic nitrogens is 1. The maximum absolute atomic E-state index is 13.4. The predicted octanol–water partition coefficient (Wildman–Crippen LogP) is 2.85. The van der Waals surface area contributed by atoms with Gasteiger partial charge in [-0.2, -0.15) is 18.4 Å². The average Bonchev–Trinajstić information content (AvgIpc) is 2.29. The minimum Gasteiger partial charge on any atom is -0.397 e. The van der Waals surface area contributed by atoms with Gasteiger partial charge in [0.2, 0.25) is 0 Å². The standard InChI is InChI=1S/C11H5F4N3/c12-7-3-1-2-5-8(17)6(4-16)10(11(13,14)15)18-9(5)7/h1-3H,(H2,17,18). The lowest BCUT2D eigenvalue weighted by atomic mass is 10.1. The van der Waals surface area contributed by atoms with E-state index in [9.17, 15) is 17.6 Å². The molecule has 0 aliphatic heterocycles. The third-order valence-corrected chi connectivity index (χ3v) is 2.39. The van der Waals surface area contributed by atoms with Crippen LogP contribution in [0.3, 0.4) is 0 Å². The predicted molar refractivity (Wildman–Crippen MR) is 55.8 cm³/mol. The number of anilines is 1. The van der Waals surface area contributed by atoms with E-state index >= 15 is 0 Å². The van der Waals surface area contributed by atoms with Gasteiger partial charge in [0.05, 0.1) is 5.69 Å². The number of benzene rings is 1. The van der Waals surface area contributed by atoms with Crippen LogP contribution in [-0.4, -0.2) is 4.98 Å². The number of nitrogens with two attached hydrogens (primary N) is 1. The summed E-state index contributed by atoms with van der Waals surface area (Å²) in [5.41, 5.74) is 2.28. The van der Waals surface area contributed by atoms with E-state index in [1.165, 1.54) is 18.2 Å². The fourth-order valence-corrected chi connectivity index (χ4v) is 1.59. The van der Waals surface area contributed by atoms with Gasteiger partial charge in [-0.15, -0.1) is 0 Å². The molecule has 18 heavy (non-hydrogen) atoms. The van der Waals surface area contributed by atoms with Crippen LogP contribution in [0.1, 0.15) is 11.3 Å². The van der Waals surface area contributed by atoms with E-state index in [1.54, 1.807) is 0 Å². The van der Waals surface area contributed by atoms with Crippen molar-refractivity contribution in [2.24, 2.45) is 0 Å². The lowest BCUT2D eigenvalue weighted by Crippen LogP contribution is -2.13. The molecular formula is C11H5F4N3. The molecule has 0 amide bonds. The monoisotopic (exact) mass is 255 g/mol. The first-order valence-electron chi connectivity index (χ1n) is 4.71. The molecule has 0 unspecified atom stereocenters. The first-order chi connectivity index (χ1) is 8.36. The molecule has 0 bridgehead atoms. The van der Waals surface area contributed by atoms with Gasteiger partial charge >= 0.3 is 6.18 Å². The maximum atomic E-state index is 13.4. The van der Waals surface area contributed by atoms with Crippen LogP contribution >= 0.6 is 0 Å². The third kappa shape index (κ3) is 1.72. The Hall–Kier alpha value is -2.36. The smallest absolute Gasteiger partial charge is 0.397 e. The quantitative estimate of drug-likeness (QED) is 0.736. The van der Waals surface area contributed by atoms with Crippen molar-refractivity contribution in [2.75, 3.05) is 5.73 Å².